The van der Waals surface area contributed by atoms with Gasteiger partial charge in [0.25, 0.3) is 0 Å². The summed E-state index contributed by atoms with van der Waals surface area (Å²) in [6, 6.07) is 7.46. The van der Waals surface area contributed by atoms with Gasteiger partial charge in [0, 0.05) is 12.1 Å². The lowest BCUT2D eigenvalue weighted by molar-refractivity contribution is 0.318. The van der Waals surface area contributed by atoms with E-state index >= 15 is 0 Å². The molecule has 0 aliphatic rings. The molecule has 0 aliphatic carbocycles. The summed E-state index contributed by atoms with van der Waals surface area (Å²) < 4.78 is 0. The number of nitrogens with two attached hydrogens (primary N) is 1. The number of nitrogens with one attached hydrogen (secondary N) is 1. The molecule has 1 aromatic rings. The van der Waals surface area contributed by atoms with Crippen LogP contribution in [0.3, 0.4) is 0 Å². The quantitative estimate of drug-likeness (QED) is 0.297. The summed E-state index contributed by atoms with van der Waals surface area (Å²) in [6.07, 6.45) is 4.03. The Morgan fingerprint density at radius 1 is 1.47 bits per heavy atom. The van der Waals surface area contributed by atoms with Crippen molar-refractivity contribution in [3.05, 3.63) is 41.5 Å². The molecule has 0 saturated heterocycles. The van der Waals surface area contributed by atoms with E-state index in [9.17, 15) is 0 Å². The fourth-order valence-corrected chi connectivity index (χ4v) is 1.14. The summed E-state index contributed by atoms with van der Waals surface area (Å²) >= 11 is 0. The number of benzene rings is 1. The number of hydrogen-bond donors (Lipinski definition) is 3. The molecule has 1 rings (SSSR count). The van der Waals surface area contributed by atoms with Crippen LogP contribution in [0, 0.1) is 0 Å². The van der Waals surface area contributed by atoms with Crippen LogP contribution in [0.2, 0.25) is 0 Å². The van der Waals surface area contributed by atoms with E-state index in [1.165, 1.54) is 0 Å². The maximum atomic E-state index is 8.47. The zero-order valence-electron chi connectivity index (χ0n) is 8.64. The standard InChI is InChI=1S/C11H15N3O/c1-13-8-2-3-9-4-6-10(7-5-9)11(12)14-15/h2-7,13,15H,8H2,1H3,(H2,12,14). The number of likely N-dealkylation sites (N-methyl/N-ethyl adjacent to an activating group) is 1. The monoisotopic (exact) mass is 205 g/mol. The Morgan fingerprint density at radius 2 is 2.13 bits per heavy atom. The Balaban J connectivity index is 2.72. The van der Waals surface area contributed by atoms with Crippen LogP contribution in [0.25, 0.3) is 6.08 Å². The first-order valence-electron chi connectivity index (χ1n) is 4.67. The molecular formula is C11H15N3O. The van der Waals surface area contributed by atoms with Crippen LogP contribution in [-0.2, 0) is 0 Å². The normalized spacial score (nSPS) is 12.2. The van der Waals surface area contributed by atoms with Crippen LogP contribution in [0.5, 0.6) is 0 Å². The van der Waals surface area contributed by atoms with Crippen molar-refractivity contribution in [2.45, 2.75) is 0 Å². The van der Waals surface area contributed by atoms with E-state index in [0.717, 1.165) is 12.1 Å². The minimum atomic E-state index is 0.126. The highest BCUT2D eigenvalue weighted by Crippen LogP contribution is 2.05. The molecular weight excluding hydrogens is 190 g/mol. The maximum Gasteiger partial charge on any atom is 0.170 e. The molecule has 0 spiro atoms. The van der Waals surface area contributed by atoms with Gasteiger partial charge >= 0.3 is 0 Å². The highest BCUT2D eigenvalue weighted by molar-refractivity contribution is 5.97. The van der Waals surface area contributed by atoms with Gasteiger partial charge in [-0.2, -0.15) is 0 Å². The van der Waals surface area contributed by atoms with E-state index in [1.54, 1.807) is 0 Å². The van der Waals surface area contributed by atoms with Gasteiger partial charge in [-0.3, -0.25) is 0 Å². The molecule has 15 heavy (non-hydrogen) atoms. The Morgan fingerprint density at radius 3 is 2.67 bits per heavy atom. The minimum absolute atomic E-state index is 0.126. The van der Waals surface area contributed by atoms with Crippen LogP contribution < -0.4 is 11.1 Å². The lowest BCUT2D eigenvalue weighted by Crippen LogP contribution is -2.12. The summed E-state index contributed by atoms with van der Waals surface area (Å²) in [4.78, 5) is 0. The first-order chi connectivity index (χ1) is 7.27. The van der Waals surface area contributed by atoms with Gasteiger partial charge in [0.1, 0.15) is 0 Å². The first-order valence-corrected chi connectivity index (χ1v) is 4.67. The molecule has 0 unspecified atom stereocenters. The minimum Gasteiger partial charge on any atom is -0.409 e. The molecule has 80 valence electrons. The third-order valence-corrected chi connectivity index (χ3v) is 1.95. The predicted molar refractivity (Wildman–Crippen MR) is 61.9 cm³/mol. The SMILES string of the molecule is CNCC=Cc1ccc(C(N)=NO)cc1. The lowest BCUT2D eigenvalue weighted by atomic mass is 10.1. The fourth-order valence-electron chi connectivity index (χ4n) is 1.14. The summed E-state index contributed by atoms with van der Waals surface area (Å²) in [5.41, 5.74) is 7.23. The molecule has 0 amide bonds. The third-order valence-electron chi connectivity index (χ3n) is 1.95. The van der Waals surface area contributed by atoms with Crippen molar-refractivity contribution in [3.63, 3.8) is 0 Å². The molecule has 0 saturated carbocycles. The van der Waals surface area contributed by atoms with E-state index in [2.05, 4.69) is 10.5 Å². The Labute approximate surface area is 89.1 Å². The molecule has 0 fully saturated rings. The van der Waals surface area contributed by atoms with Crippen LogP contribution in [0.4, 0.5) is 0 Å². The van der Waals surface area contributed by atoms with E-state index in [-0.39, 0.29) is 5.84 Å². The molecule has 4 nitrogen and oxygen atoms in total. The van der Waals surface area contributed by atoms with Crippen LogP contribution in [-0.4, -0.2) is 24.6 Å². The average molecular weight is 205 g/mol. The van der Waals surface area contributed by atoms with Gasteiger partial charge in [0.15, 0.2) is 5.84 Å². The summed E-state index contributed by atoms with van der Waals surface area (Å²) in [5, 5.41) is 14.4. The topological polar surface area (TPSA) is 70.6 Å². The highest BCUT2D eigenvalue weighted by Gasteiger charge is 1.96. The largest absolute Gasteiger partial charge is 0.409 e. The van der Waals surface area contributed by atoms with Crippen LogP contribution in [0.1, 0.15) is 11.1 Å². The molecule has 0 bridgehead atoms. The molecule has 4 heteroatoms. The molecule has 1 aromatic carbocycles. The fraction of sp³-hybridized carbons (Fsp3) is 0.182. The van der Waals surface area contributed by atoms with Gasteiger partial charge in [-0.1, -0.05) is 41.6 Å². The zero-order chi connectivity index (χ0) is 11.1. The van der Waals surface area contributed by atoms with Crippen molar-refractivity contribution in [2.24, 2.45) is 10.9 Å². The number of hydrogen-bond acceptors (Lipinski definition) is 3. The third kappa shape index (κ3) is 3.44. The molecule has 0 aliphatic heterocycles. The number of amidine groups is 1. The van der Waals surface area contributed by atoms with Gasteiger partial charge < -0.3 is 16.3 Å². The highest BCUT2D eigenvalue weighted by atomic mass is 16.4. The van der Waals surface area contributed by atoms with Gasteiger partial charge in [-0.15, -0.1) is 0 Å². The summed E-state index contributed by atoms with van der Waals surface area (Å²) in [6.45, 7) is 0.835. The number of nitrogens with zero attached hydrogens (tertiary/aromatic N) is 1. The lowest BCUT2D eigenvalue weighted by Gasteiger charge is -1.98. The Bertz CT molecular complexity index is 355. The Kier molecular flexibility index (Phi) is 4.37. The van der Waals surface area contributed by atoms with Gasteiger partial charge in [0.05, 0.1) is 0 Å². The van der Waals surface area contributed by atoms with Crippen molar-refractivity contribution in [1.82, 2.24) is 5.32 Å². The maximum absolute atomic E-state index is 8.47. The van der Waals surface area contributed by atoms with Crippen LogP contribution >= 0.6 is 0 Å². The molecule has 4 N–H and O–H groups in total. The van der Waals surface area contributed by atoms with E-state index in [1.807, 2.05) is 43.5 Å². The van der Waals surface area contributed by atoms with Crippen molar-refractivity contribution in [3.8, 4) is 0 Å². The van der Waals surface area contributed by atoms with Gasteiger partial charge in [-0.25, -0.2) is 0 Å². The summed E-state index contributed by atoms with van der Waals surface area (Å²) in [5.74, 6) is 0.126. The van der Waals surface area contributed by atoms with E-state index in [4.69, 9.17) is 10.9 Å². The zero-order valence-corrected chi connectivity index (χ0v) is 8.64. The van der Waals surface area contributed by atoms with Gasteiger partial charge in [0.2, 0.25) is 0 Å². The van der Waals surface area contributed by atoms with E-state index in [0.29, 0.717) is 5.56 Å². The second kappa shape index (κ2) is 5.82. The van der Waals surface area contributed by atoms with Gasteiger partial charge in [-0.05, 0) is 12.6 Å². The van der Waals surface area contributed by atoms with E-state index < -0.39 is 0 Å². The molecule has 0 radical (unpaired) electrons. The predicted octanol–water partition coefficient (Wildman–Crippen LogP) is 1.01. The molecule has 0 atom stereocenters. The van der Waals surface area contributed by atoms with Crippen LogP contribution in [0.15, 0.2) is 35.5 Å². The van der Waals surface area contributed by atoms with Crippen molar-refractivity contribution in [1.29, 1.82) is 0 Å². The first kappa shape index (κ1) is 11.3. The van der Waals surface area contributed by atoms with Crippen molar-refractivity contribution < 1.29 is 5.21 Å². The second-order valence-electron chi connectivity index (χ2n) is 3.07. The van der Waals surface area contributed by atoms with Crippen molar-refractivity contribution in [2.75, 3.05) is 13.6 Å². The number of oxime groups is 1. The molecule has 0 heterocycles. The smallest absolute Gasteiger partial charge is 0.170 e. The second-order valence-corrected chi connectivity index (χ2v) is 3.07. The summed E-state index contributed by atoms with van der Waals surface area (Å²) in [7, 11) is 1.89. The molecule has 0 aromatic heterocycles. The average Bonchev–Trinajstić information content (AvgIpc) is 2.29. The van der Waals surface area contributed by atoms with Crippen molar-refractivity contribution >= 4 is 11.9 Å². The number of rotatable bonds is 4. The Hall–Kier alpha value is -1.81.